The molecule has 2 N–H and O–H groups in total. The minimum atomic E-state index is -3.61. The third kappa shape index (κ3) is 5.84. The Morgan fingerprint density at radius 2 is 2.15 bits per heavy atom. The van der Waals surface area contributed by atoms with Crippen LogP contribution in [0.3, 0.4) is 0 Å². The van der Waals surface area contributed by atoms with E-state index < -0.39 is 20.8 Å². The lowest BCUT2D eigenvalue weighted by atomic mass is 10.2. The fraction of sp³-hybridized carbons (Fsp3) is 0.385. The maximum atomic E-state index is 12.0. The average molecular weight is 315 g/mol. The molecule has 0 heterocycles. The van der Waals surface area contributed by atoms with E-state index in [0.717, 1.165) is 0 Å². The topological polar surface area (TPSA) is 83.5 Å². The van der Waals surface area contributed by atoms with Gasteiger partial charge in [0.05, 0.1) is 11.5 Å². The first-order chi connectivity index (χ1) is 9.45. The summed E-state index contributed by atoms with van der Waals surface area (Å²) in [6.07, 6.45) is 1.86. The summed E-state index contributed by atoms with van der Waals surface area (Å²) in [5.41, 5.74) is 0.570. The fourth-order valence-electron chi connectivity index (χ4n) is 1.36. The smallest absolute Gasteiger partial charge is 0.240 e. The third-order valence-corrected chi connectivity index (χ3v) is 4.53. The van der Waals surface area contributed by atoms with Crippen molar-refractivity contribution in [2.45, 2.75) is 11.3 Å². The lowest BCUT2D eigenvalue weighted by Crippen LogP contribution is -2.27. The minimum absolute atomic E-state index is 0.0271. The molecule has 0 aliphatic rings. The summed E-state index contributed by atoms with van der Waals surface area (Å²) in [6, 6.07) is 6.25. The van der Waals surface area contributed by atoms with Crippen molar-refractivity contribution < 1.29 is 17.7 Å². The van der Waals surface area contributed by atoms with Gasteiger partial charge in [-0.3, -0.25) is 4.21 Å². The molecule has 0 spiro atoms. The first kappa shape index (κ1) is 16.9. The molecule has 1 aromatic rings. The summed E-state index contributed by atoms with van der Waals surface area (Å²) in [5, 5.41) is 8.64. The van der Waals surface area contributed by atoms with Crippen LogP contribution in [0.15, 0.2) is 29.2 Å². The van der Waals surface area contributed by atoms with Gasteiger partial charge >= 0.3 is 0 Å². The van der Waals surface area contributed by atoms with Crippen LogP contribution in [0.25, 0.3) is 0 Å². The standard InChI is InChI=1S/C13H17NO4S2/c1-19(16)10-8-14-20(17,18)13-7-4-6-12(11-13)5-2-3-9-15/h4,6-7,11,14-15H,3,8-10H2,1H3. The number of hydrogen-bond donors (Lipinski definition) is 2. The fourth-order valence-corrected chi connectivity index (χ4v) is 2.96. The zero-order chi connectivity index (χ0) is 15.0. The molecule has 0 saturated carbocycles. The molecule has 110 valence electrons. The van der Waals surface area contributed by atoms with Crippen LogP contribution >= 0.6 is 0 Å². The van der Waals surface area contributed by atoms with E-state index in [1.165, 1.54) is 18.4 Å². The molecule has 0 fully saturated rings. The first-order valence-electron chi connectivity index (χ1n) is 5.95. The van der Waals surface area contributed by atoms with Gasteiger partial charge in [-0.1, -0.05) is 17.9 Å². The van der Waals surface area contributed by atoms with Crippen molar-refractivity contribution in [3.05, 3.63) is 29.8 Å². The van der Waals surface area contributed by atoms with E-state index in [0.29, 0.717) is 12.0 Å². The van der Waals surface area contributed by atoms with Gasteiger partial charge in [-0.15, -0.1) is 0 Å². The molecule has 0 amide bonds. The molecule has 0 aliphatic carbocycles. The lowest BCUT2D eigenvalue weighted by molar-refractivity contribution is 0.305. The van der Waals surface area contributed by atoms with E-state index >= 15 is 0 Å². The van der Waals surface area contributed by atoms with E-state index in [1.54, 1.807) is 12.1 Å². The van der Waals surface area contributed by atoms with Crippen LogP contribution < -0.4 is 4.72 Å². The average Bonchev–Trinajstić information content (AvgIpc) is 2.39. The predicted octanol–water partition coefficient (Wildman–Crippen LogP) is 0.0773. The molecular weight excluding hydrogens is 298 g/mol. The van der Waals surface area contributed by atoms with Crippen molar-refractivity contribution in [1.29, 1.82) is 0 Å². The van der Waals surface area contributed by atoms with Crippen LogP contribution in [-0.4, -0.2) is 42.9 Å². The molecule has 20 heavy (non-hydrogen) atoms. The summed E-state index contributed by atoms with van der Waals surface area (Å²) in [6.45, 7) is 0.104. The quantitative estimate of drug-likeness (QED) is 0.728. The number of benzene rings is 1. The van der Waals surface area contributed by atoms with Crippen LogP contribution in [0.2, 0.25) is 0 Å². The van der Waals surface area contributed by atoms with E-state index in [1.807, 2.05) is 0 Å². The Balaban J connectivity index is 2.83. The molecule has 7 heteroatoms. The van der Waals surface area contributed by atoms with Gasteiger partial charge in [0.15, 0.2) is 0 Å². The number of rotatable bonds is 6. The number of aliphatic hydroxyl groups excluding tert-OH is 1. The number of nitrogens with one attached hydrogen (secondary N) is 1. The second kappa shape index (κ2) is 8.17. The highest BCUT2D eigenvalue weighted by atomic mass is 32.2. The molecule has 1 atom stereocenters. The highest BCUT2D eigenvalue weighted by Crippen LogP contribution is 2.10. The number of hydrogen-bond acceptors (Lipinski definition) is 4. The minimum Gasteiger partial charge on any atom is -0.395 e. The van der Waals surface area contributed by atoms with Gasteiger partial charge in [0.2, 0.25) is 10.0 Å². The summed E-state index contributed by atoms with van der Waals surface area (Å²) in [5.74, 6) is 5.79. The second-order valence-corrected chi connectivity index (χ2v) is 7.30. The molecule has 0 bridgehead atoms. The van der Waals surface area contributed by atoms with Gasteiger partial charge in [0, 0.05) is 41.3 Å². The summed E-state index contributed by atoms with van der Waals surface area (Å²) in [7, 11) is -4.65. The zero-order valence-electron chi connectivity index (χ0n) is 11.1. The monoisotopic (exact) mass is 315 g/mol. The first-order valence-corrected chi connectivity index (χ1v) is 9.16. The highest BCUT2D eigenvalue weighted by Gasteiger charge is 2.13. The molecule has 0 radical (unpaired) electrons. The van der Waals surface area contributed by atoms with Crippen LogP contribution in [0.4, 0.5) is 0 Å². The summed E-state index contributed by atoms with van der Waals surface area (Å²) < 4.78 is 37.3. The molecule has 0 aromatic heterocycles. The molecule has 1 unspecified atom stereocenters. The summed E-state index contributed by atoms with van der Waals surface area (Å²) >= 11 is 0. The highest BCUT2D eigenvalue weighted by molar-refractivity contribution is 7.89. The Hall–Kier alpha value is -1.20. The molecule has 0 saturated heterocycles. The maximum Gasteiger partial charge on any atom is 0.240 e. The number of sulfonamides is 1. The van der Waals surface area contributed by atoms with E-state index in [4.69, 9.17) is 5.11 Å². The second-order valence-electron chi connectivity index (χ2n) is 3.98. The normalized spacial score (nSPS) is 12.5. The van der Waals surface area contributed by atoms with Crippen molar-refractivity contribution in [3.8, 4) is 11.8 Å². The summed E-state index contributed by atoms with van der Waals surface area (Å²) in [4.78, 5) is 0.121. The van der Waals surface area contributed by atoms with Crippen molar-refractivity contribution in [2.24, 2.45) is 0 Å². The third-order valence-electron chi connectivity index (χ3n) is 2.30. The Kier molecular flexibility index (Phi) is 6.88. The Labute approximate surface area is 121 Å². The van der Waals surface area contributed by atoms with Gasteiger partial charge in [0.1, 0.15) is 0 Å². The van der Waals surface area contributed by atoms with Crippen LogP contribution in [-0.2, 0) is 20.8 Å². The van der Waals surface area contributed by atoms with Crippen molar-refractivity contribution in [2.75, 3.05) is 25.2 Å². The molecule has 1 rings (SSSR count). The van der Waals surface area contributed by atoms with Crippen molar-refractivity contribution in [1.82, 2.24) is 4.72 Å². The van der Waals surface area contributed by atoms with Crippen LogP contribution in [0.5, 0.6) is 0 Å². The SMILES string of the molecule is CS(=O)CCNS(=O)(=O)c1cccc(C#CCCO)c1. The maximum absolute atomic E-state index is 12.0. The molecule has 5 nitrogen and oxygen atoms in total. The van der Waals surface area contributed by atoms with Crippen molar-refractivity contribution >= 4 is 20.8 Å². The molecule has 1 aromatic carbocycles. The number of aliphatic hydroxyl groups is 1. The van der Waals surface area contributed by atoms with E-state index in [2.05, 4.69) is 16.6 Å². The van der Waals surface area contributed by atoms with Gasteiger partial charge in [-0.2, -0.15) is 0 Å². The van der Waals surface area contributed by atoms with Gasteiger partial charge in [0.25, 0.3) is 0 Å². The Morgan fingerprint density at radius 3 is 2.80 bits per heavy atom. The van der Waals surface area contributed by atoms with E-state index in [-0.39, 0.29) is 23.8 Å². The van der Waals surface area contributed by atoms with Gasteiger partial charge in [-0.05, 0) is 18.2 Å². The molecule has 0 aliphatic heterocycles. The predicted molar refractivity (Wildman–Crippen MR) is 79.1 cm³/mol. The molecular formula is C13H17NO4S2. The van der Waals surface area contributed by atoms with E-state index in [9.17, 15) is 12.6 Å². The van der Waals surface area contributed by atoms with Gasteiger partial charge in [-0.25, -0.2) is 13.1 Å². The Morgan fingerprint density at radius 1 is 1.40 bits per heavy atom. The lowest BCUT2D eigenvalue weighted by Gasteiger charge is -2.06. The van der Waals surface area contributed by atoms with Crippen LogP contribution in [0.1, 0.15) is 12.0 Å². The van der Waals surface area contributed by atoms with Crippen LogP contribution in [0, 0.1) is 11.8 Å². The Bertz CT molecular complexity index is 629. The zero-order valence-corrected chi connectivity index (χ0v) is 12.8. The van der Waals surface area contributed by atoms with Crippen molar-refractivity contribution in [3.63, 3.8) is 0 Å². The largest absolute Gasteiger partial charge is 0.395 e. The van der Waals surface area contributed by atoms with Gasteiger partial charge < -0.3 is 5.11 Å².